The van der Waals surface area contributed by atoms with Crippen LogP contribution in [0.3, 0.4) is 0 Å². The number of ether oxygens (including phenoxy) is 1. The second kappa shape index (κ2) is 5.66. The SMILES string of the molecule is Cc1nc2cc(C3CO[C@H](C)CN3C(=O)C(=O)O)ccc2s1. The van der Waals surface area contributed by atoms with E-state index in [1.165, 1.54) is 4.90 Å². The van der Waals surface area contributed by atoms with E-state index < -0.39 is 17.9 Å². The van der Waals surface area contributed by atoms with Crippen molar-refractivity contribution >= 4 is 33.4 Å². The highest BCUT2D eigenvalue weighted by Gasteiger charge is 2.34. The molecule has 0 aliphatic carbocycles. The molecule has 22 heavy (non-hydrogen) atoms. The number of amides is 1. The first kappa shape index (κ1) is 14.9. The minimum absolute atomic E-state index is 0.176. The minimum Gasteiger partial charge on any atom is -0.474 e. The first-order chi connectivity index (χ1) is 10.5. The van der Waals surface area contributed by atoms with Crippen molar-refractivity contribution in [2.24, 2.45) is 0 Å². The Morgan fingerprint density at radius 3 is 2.95 bits per heavy atom. The van der Waals surface area contributed by atoms with Crippen molar-refractivity contribution in [2.45, 2.75) is 26.0 Å². The monoisotopic (exact) mass is 320 g/mol. The van der Waals surface area contributed by atoms with Crippen molar-refractivity contribution in [1.29, 1.82) is 0 Å². The quantitative estimate of drug-likeness (QED) is 0.813. The number of carbonyl (C=O) groups excluding carboxylic acids is 1. The van der Waals surface area contributed by atoms with Gasteiger partial charge in [-0.15, -0.1) is 11.3 Å². The van der Waals surface area contributed by atoms with Gasteiger partial charge in [-0.05, 0) is 31.5 Å². The smallest absolute Gasteiger partial charge is 0.394 e. The number of hydrogen-bond acceptors (Lipinski definition) is 5. The molecule has 2 heterocycles. The number of morpholine rings is 1. The summed E-state index contributed by atoms with van der Waals surface area (Å²) in [7, 11) is 0. The molecule has 1 aromatic heterocycles. The van der Waals surface area contributed by atoms with Gasteiger partial charge in [-0.2, -0.15) is 0 Å². The van der Waals surface area contributed by atoms with E-state index in [9.17, 15) is 9.59 Å². The van der Waals surface area contributed by atoms with Crippen LogP contribution in [0.25, 0.3) is 10.2 Å². The highest BCUT2D eigenvalue weighted by atomic mass is 32.1. The predicted molar refractivity (Wildman–Crippen MR) is 81.9 cm³/mol. The van der Waals surface area contributed by atoms with Crippen LogP contribution >= 0.6 is 11.3 Å². The standard InChI is InChI=1S/C15H16N2O4S/c1-8-6-17(14(18)15(19)20)12(7-21-8)10-3-4-13-11(5-10)16-9(2)22-13/h3-5,8,12H,6-7H2,1-2H3,(H,19,20)/t8-,12?/m1/s1. The first-order valence-electron chi connectivity index (χ1n) is 6.98. The molecular formula is C15H16N2O4S. The molecule has 7 heteroatoms. The van der Waals surface area contributed by atoms with Gasteiger partial charge in [-0.1, -0.05) is 6.07 Å². The van der Waals surface area contributed by atoms with E-state index in [0.717, 1.165) is 20.8 Å². The summed E-state index contributed by atoms with van der Waals surface area (Å²) in [5.74, 6) is -2.33. The van der Waals surface area contributed by atoms with E-state index >= 15 is 0 Å². The Hall–Kier alpha value is -1.99. The van der Waals surface area contributed by atoms with Crippen LogP contribution in [0.1, 0.15) is 23.5 Å². The average Bonchev–Trinajstić information content (AvgIpc) is 2.85. The number of thiazole rings is 1. The summed E-state index contributed by atoms with van der Waals surface area (Å²) in [6.07, 6.45) is -0.176. The van der Waals surface area contributed by atoms with Crippen LogP contribution in [0.15, 0.2) is 18.2 Å². The van der Waals surface area contributed by atoms with Crippen LogP contribution in [0.4, 0.5) is 0 Å². The largest absolute Gasteiger partial charge is 0.474 e. The zero-order valence-corrected chi connectivity index (χ0v) is 13.1. The fourth-order valence-electron chi connectivity index (χ4n) is 2.69. The number of carboxylic acid groups (broad SMARTS) is 1. The second-order valence-electron chi connectivity index (χ2n) is 5.38. The number of rotatable bonds is 1. The summed E-state index contributed by atoms with van der Waals surface area (Å²) < 4.78 is 6.69. The summed E-state index contributed by atoms with van der Waals surface area (Å²) in [4.78, 5) is 28.8. The van der Waals surface area contributed by atoms with Crippen LogP contribution in [0, 0.1) is 6.92 Å². The van der Waals surface area contributed by atoms with E-state index in [4.69, 9.17) is 9.84 Å². The van der Waals surface area contributed by atoms with E-state index in [2.05, 4.69) is 4.98 Å². The number of hydrogen-bond donors (Lipinski definition) is 1. The normalized spacial score (nSPS) is 22.0. The molecule has 116 valence electrons. The fraction of sp³-hybridized carbons (Fsp3) is 0.400. The van der Waals surface area contributed by atoms with E-state index in [-0.39, 0.29) is 19.3 Å². The predicted octanol–water partition coefficient (Wildman–Crippen LogP) is 1.98. The average molecular weight is 320 g/mol. The molecule has 1 aromatic carbocycles. The number of carboxylic acids is 1. The highest BCUT2D eigenvalue weighted by Crippen LogP contribution is 2.30. The van der Waals surface area contributed by atoms with Crippen LogP contribution in [-0.4, -0.2) is 46.1 Å². The van der Waals surface area contributed by atoms with Crippen molar-refractivity contribution in [1.82, 2.24) is 9.88 Å². The molecule has 1 amide bonds. The lowest BCUT2D eigenvalue weighted by Crippen LogP contribution is -2.49. The Bertz CT molecular complexity index is 742. The van der Waals surface area contributed by atoms with Crippen LogP contribution in [0.5, 0.6) is 0 Å². The summed E-state index contributed by atoms with van der Waals surface area (Å²) in [5, 5.41) is 9.99. The highest BCUT2D eigenvalue weighted by molar-refractivity contribution is 7.18. The number of nitrogens with zero attached hydrogens (tertiary/aromatic N) is 2. The van der Waals surface area contributed by atoms with E-state index in [1.54, 1.807) is 11.3 Å². The van der Waals surface area contributed by atoms with Crippen molar-refractivity contribution in [2.75, 3.05) is 13.2 Å². The maximum Gasteiger partial charge on any atom is 0.394 e. The molecule has 2 aromatic rings. The molecule has 1 saturated heterocycles. The summed E-state index contributed by atoms with van der Waals surface area (Å²) >= 11 is 1.60. The lowest BCUT2D eigenvalue weighted by Gasteiger charge is -2.37. The summed E-state index contributed by atoms with van der Waals surface area (Å²) in [6, 6.07) is 5.37. The third-order valence-electron chi connectivity index (χ3n) is 3.72. The van der Waals surface area contributed by atoms with Gasteiger partial charge in [-0.25, -0.2) is 9.78 Å². The maximum atomic E-state index is 12.0. The van der Waals surface area contributed by atoms with Gasteiger partial charge in [0.2, 0.25) is 0 Å². The number of aliphatic carboxylic acids is 1. The molecule has 1 aliphatic rings. The molecule has 1 unspecified atom stereocenters. The van der Waals surface area contributed by atoms with Gasteiger partial charge in [0.15, 0.2) is 0 Å². The molecule has 2 atom stereocenters. The zero-order valence-electron chi connectivity index (χ0n) is 12.3. The third-order valence-corrected chi connectivity index (χ3v) is 4.67. The number of benzene rings is 1. The Kier molecular flexibility index (Phi) is 3.84. The Morgan fingerprint density at radius 1 is 1.45 bits per heavy atom. The molecule has 1 fully saturated rings. The van der Waals surface area contributed by atoms with Crippen LogP contribution in [-0.2, 0) is 14.3 Å². The van der Waals surface area contributed by atoms with E-state index in [1.807, 2.05) is 32.0 Å². The third kappa shape index (κ3) is 2.69. The van der Waals surface area contributed by atoms with Gasteiger partial charge in [-0.3, -0.25) is 4.79 Å². The van der Waals surface area contributed by atoms with Crippen LogP contribution in [0.2, 0.25) is 0 Å². The number of aryl methyl sites for hydroxylation is 1. The van der Waals surface area contributed by atoms with Gasteiger partial charge >= 0.3 is 11.9 Å². The molecule has 0 saturated carbocycles. The lowest BCUT2D eigenvalue weighted by molar-refractivity contribution is -0.163. The Morgan fingerprint density at radius 2 is 2.23 bits per heavy atom. The lowest BCUT2D eigenvalue weighted by atomic mass is 10.0. The Labute approximate surface area is 131 Å². The summed E-state index contributed by atoms with van der Waals surface area (Å²) in [5.41, 5.74) is 1.71. The fourth-order valence-corrected chi connectivity index (χ4v) is 3.50. The van der Waals surface area contributed by atoms with Crippen molar-refractivity contribution in [3.63, 3.8) is 0 Å². The van der Waals surface area contributed by atoms with Crippen molar-refractivity contribution in [3.05, 3.63) is 28.8 Å². The molecule has 6 nitrogen and oxygen atoms in total. The number of aromatic nitrogens is 1. The molecule has 1 aliphatic heterocycles. The zero-order chi connectivity index (χ0) is 15.9. The Balaban J connectivity index is 1.97. The molecule has 0 bridgehead atoms. The number of fused-ring (bicyclic) bond motifs is 1. The topological polar surface area (TPSA) is 79.7 Å². The van der Waals surface area contributed by atoms with Gasteiger partial charge in [0.1, 0.15) is 0 Å². The van der Waals surface area contributed by atoms with Gasteiger partial charge in [0, 0.05) is 6.54 Å². The van der Waals surface area contributed by atoms with E-state index in [0.29, 0.717) is 0 Å². The van der Waals surface area contributed by atoms with Gasteiger partial charge < -0.3 is 14.7 Å². The van der Waals surface area contributed by atoms with Crippen LogP contribution < -0.4 is 0 Å². The molecule has 1 N–H and O–H groups in total. The summed E-state index contributed by atoms with van der Waals surface area (Å²) in [6.45, 7) is 4.32. The molecular weight excluding hydrogens is 304 g/mol. The number of carbonyl (C=O) groups is 2. The maximum absolute atomic E-state index is 12.0. The van der Waals surface area contributed by atoms with Crippen molar-refractivity contribution in [3.8, 4) is 0 Å². The minimum atomic E-state index is -1.44. The molecule has 0 spiro atoms. The van der Waals surface area contributed by atoms with Gasteiger partial charge in [0.25, 0.3) is 0 Å². The van der Waals surface area contributed by atoms with Crippen molar-refractivity contribution < 1.29 is 19.4 Å². The molecule has 3 rings (SSSR count). The molecule has 0 radical (unpaired) electrons. The second-order valence-corrected chi connectivity index (χ2v) is 6.62. The first-order valence-corrected chi connectivity index (χ1v) is 7.80. The van der Waals surface area contributed by atoms with Gasteiger partial charge in [0.05, 0.1) is 34.0 Å².